The maximum Gasteiger partial charge on any atom is 0.234 e. The van der Waals surface area contributed by atoms with E-state index in [9.17, 15) is 14.3 Å². The molecule has 20 heavy (non-hydrogen) atoms. The number of carbonyl (C=O) groups excluding carboxylic acids is 1. The number of carbonyl (C=O) groups is 1. The third-order valence-electron chi connectivity index (χ3n) is 3.55. The minimum absolute atomic E-state index is 0.0372. The number of halogens is 1. The van der Waals surface area contributed by atoms with Gasteiger partial charge in [-0.25, -0.2) is 4.39 Å². The molecule has 0 aromatic heterocycles. The predicted molar refractivity (Wildman–Crippen MR) is 74.8 cm³/mol. The van der Waals surface area contributed by atoms with Gasteiger partial charge in [0.2, 0.25) is 5.91 Å². The van der Waals surface area contributed by atoms with Gasteiger partial charge in [-0.1, -0.05) is 12.1 Å². The van der Waals surface area contributed by atoms with Crippen molar-refractivity contribution in [2.75, 3.05) is 26.2 Å². The normalized spacial score (nSPS) is 22.9. The molecule has 1 heterocycles. The van der Waals surface area contributed by atoms with Crippen LogP contribution < -0.4 is 5.32 Å². The third-order valence-corrected chi connectivity index (χ3v) is 3.55. The number of nitrogens with one attached hydrogen (secondary N) is 1. The summed E-state index contributed by atoms with van der Waals surface area (Å²) in [5.41, 5.74) is 0.324. The molecule has 110 valence electrons. The van der Waals surface area contributed by atoms with Gasteiger partial charge in [0.15, 0.2) is 0 Å². The van der Waals surface area contributed by atoms with Crippen molar-refractivity contribution in [3.8, 4) is 0 Å². The molecule has 2 N–H and O–H groups in total. The lowest BCUT2D eigenvalue weighted by Crippen LogP contribution is -2.38. The van der Waals surface area contributed by atoms with E-state index in [2.05, 4.69) is 5.32 Å². The number of aliphatic hydroxyl groups is 1. The topological polar surface area (TPSA) is 52.6 Å². The molecule has 4 nitrogen and oxygen atoms in total. The lowest BCUT2D eigenvalue weighted by atomic mass is 10.1. The molecule has 0 aliphatic carbocycles. The molecule has 1 aromatic rings. The van der Waals surface area contributed by atoms with Crippen LogP contribution in [0.4, 0.5) is 4.39 Å². The number of hydrogen-bond acceptors (Lipinski definition) is 3. The predicted octanol–water partition coefficient (Wildman–Crippen LogP) is 0.941. The molecular formula is C15H21FN2O2. The number of hydrogen-bond donors (Lipinski definition) is 2. The summed E-state index contributed by atoms with van der Waals surface area (Å²) in [5.74, 6) is -0.288. The number of amides is 1. The smallest absolute Gasteiger partial charge is 0.234 e. The molecule has 1 aliphatic heterocycles. The Morgan fingerprint density at radius 2 is 2.15 bits per heavy atom. The van der Waals surface area contributed by atoms with E-state index in [0.717, 1.165) is 12.1 Å². The quantitative estimate of drug-likeness (QED) is 0.844. The van der Waals surface area contributed by atoms with Crippen molar-refractivity contribution in [1.29, 1.82) is 0 Å². The van der Waals surface area contributed by atoms with E-state index in [1.807, 2.05) is 4.90 Å². The largest absolute Gasteiger partial charge is 0.389 e. The van der Waals surface area contributed by atoms with Crippen LogP contribution in [0.1, 0.15) is 18.9 Å². The van der Waals surface area contributed by atoms with Crippen LogP contribution in [-0.2, 0) is 11.2 Å². The minimum atomic E-state index is -0.672. The zero-order chi connectivity index (χ0) is 14.6. The minimum Gasteiger partial charge on any atom is -0.389 e. The van der Waals surface area contributed by atoms with E-state index in [-0.39, 0.29) is 11.7 Å². The van der Waals surface area contributed by atoms with Gasteiger partial charge < -0.3 is 10.4 Å². The van der Waals surface area contributed by atoms with Crippen molar-refractivity contribution in [1.82, 2.24) is 10.2 Å². The van der Waals surface area contributed by atoms with Gasteiger partial charge in [0.25, 0.3) is 0 Å². The fourth-order valence-corrected chi connectivity index (χ4v) is 2.43. The van der Waals surface area contributed by atoms with E-state index < -0.39 is 5.60 Å². The highest BCUT2D eigenvalue weighted by atomic mass is 19.1. The van der Waals surface area contributed by atoms with Crippen molar-refractivity contribution < 1.29 is 14.3 Å². The Morgan fingerprint density at radius 1 is 1.45 bits per heavy atom. The van der Waals surface area contributed by atoms with Crippen molar-refractivity contribution in [2.24, 2.45) is 0 Å². The Kier molecular flexibility index (Phi) is 4.73. The second kappa shape index (κ2) is 6.33. The van der Waals surface area contributed by atoms with Gasteiger partial charge >= 0.3 is 0 Å². The maximum atomic E-state index is 12.7. The van der Waals surface area contributed by atoms with Gasteiger partial charge in [-0.05, 0) is 37.5 Å². The van der Waals surface area contributed by atoms with Gasteiger partial charge in [-0.15, -0.1) is 0 Å². The molecule has 1 aromatic carbocycles. The van der Waals surface area contributed by atoms with Crippen LogP contribution in [-0.4, -0.2) is 47.7 Å². The van der Waals surface area contributed by atoms with Gasteiger partial charge in [0, 0.05) is 19.6 Å². The number of benzene rings is 1. The van der Waals surface area contributed by atoms with E-state index >= 15 is 0 Å². The van der Waals surface area contributed by atoms with E-state index in [4.69, 9.17) is 0 Å². The van der Waals surface area contributed by atoms with Crippen LogP contribution in [0.2, 0.25) is 0 Å². The summed E-state index contributed by atoms with van der Waals surface area (Å²) in [6, 6.07) is 6.28. The molecule has 1 fully saturated rings. The van der Waals surface area contributed by atoms with Crippen LogP contribution in [0.5, 0.6) is 0 Å². The highest BCUT2D eigenvalue weighted by Crippen LogP contribution is 2.19. The fraction of sp³-hybridized carbons (Fsp3) is 0.533. The van der Waals surface area contributed by atoms with Crippen LogP contribution in [0.3, 0.4) is 0 Å². The monoisotopic (exact) mass is 280 g/mol. The fourth-order valence-electron chi connectivity index (χ4n) is 2.43. The molecule has 1 atom stereocenters. The summed E-state index contributed by atoms with van der Waals surface area (Å²) in [7, 11) is 0. The number of nitrogens with zero attached hydrogens (tertiary/aromatic N) is 1. The first kappa shape index (κ1) is 14.9. The highest BCUT2D eigenvalue weighted by molar-refractivity contribution is 5.78. The number of β-amino-alcohol motifs (C(OH)–C–C–N with tert-alkyl or cyclic N) is 1. The van der Waals surface area contributed by atoms with Crippen molar-refractivity contribution in [2.45, 2.75) is 25.4 Å². The van der Waals surface area contributed by atoms with Crippen LogP contribution in [0.25, 0.3) is 0 Å². The zero-order valence-electron chi connectivity index (χ0n) is 11.7. The molecule has 0 spiro atoms. The molecule has 1 amide bonds. The van der Waals surface area contributed by atoms with E-state index in [1.165, 1.54) is 12.1 Å². The second-order valence-electron chi connectivity index (χ2n) is 5.68. The summed E-state index contributed by atoms with van der Waals surface area (Å²) in [6.45, 7) is 3.93. The first-order valence-electron chi connectivity index (χ1n) is 6.90. The Labute approximate surface area is 118 Å². The van der Waals surface area contributed by atoms with Crippen molar-refractivity contribution >= 4 is 5.91 Å². The van der Waals surface area contributed by atoms with Gasteiger partial charge in [-0.2, -0.15) is 0 Å². The van der Waals surface area contributed by atoms with E-state index in [0.29, 0.717) is 32.5 Å². The zero-order valence-corrected chi connectivity index (χ0v) is 11.7. The molecule has 1 unspecified atom stereocenters. The van der Waals surface area contributed by atoms with Crippen molar-refractivity contribution in [3.05, 3.63) is 35.6 Å². The van der Waals surface area contributed by atoms with Crippen molar-refractivity contribution in [3.63, 3.8) is 0 Å². The van der Waals surface area contributed by atoms with Crippen LogP contribution >= 0.6 is 0 Å². The standard InChI is InChI=1S/C15H21FN2O2/c1-15(20)7-9-18(11-15)10-14(19)17-8-6-12-2-4-13(16)5-3-12/h2-5,20H,6-11H2,1H3,(H,17,19). The molecule has 0 saturated carbocycles. The Morgan fingerprint density at radius 3 is 2.75 bits per heavy atom. The first-order chi connectivity index (χ1) is 9.44. The molecule has 0 radical (unpaired) electrons. The van der Waals surface area contributed by atoms with Crippen LogP contribution in [0, 0.1) is 5.82 Å². The van der Waals surface area contributed by atoms with E-state index in [1.54, 1.807) is 19.1 Å². The summed E-state index contributed by atoms with van der Waals surface area (Å²) < 4.78 is 12.7. The number of likely N-dealkylation sites (tertiary alicyclic amines) is 1. The van der Waals surface area contributed by atoms with Crippen LogP contribution in [0.15, 0.2) is 24.3 Å². The van der Waals surface area contributed by atoms with Gasteiger partial charge in [0.1, 0.15) is 5.82 Å². The average molecular weight is 280 g/mol. The second-order valence-corrected chi connectivity index (χ2v) is 5.68. The summed E-state index contributed by atoms with van der Waals surface area (Å²) in [4.78, 5) is 13.7. The molecular weight excluding hydrogens is 259 g/mol. The highest BCUT2D eigenvalue weighted by Gasteiger charge is 2.31. The maximum absolute atomic E-state index is 12.7. The molecule has 0 bridgehead atoms. The summed E-state index contributed by atoms with van der Waals surface area (Å²) in [6.07, 6.45) is 1.39. The van der Waals surface area contributed by atoms with Gasteiger partial charge in [0.05, 0.1) is 12.1 Å². The summed E-state index contributed by atoms with van der Waals surface area (Å²) >= 11 is 0. The Balaban J connectivity index is 1.67. The Bertz CT molecular complexity index is 459. The third kappa shape index (κ3) is 4.58. The SMILES string of the molecule is CC1(O)CCN(CC(=O)NCCc2ccc(F)cc2)C1. The summed E-state index contributed by atoms with van der Waals surface area (Å²) in [5, 5.41) is 12.7. The average Bonchev–Trinajstić information content (AvgIpc) is 2.71. The lowest BCUT2D eigenvalue weighted by molar-refractivity contribution is -0.122. The number of rotatable bonds is 5. The first-order valence-corrected chi connectivity index (χ1v) is 6.90. The molecule has 2 rings (SSSR count). The molecule has 1 saturated heterocycles. The lowest BCUT2D eigenvalue weighted by Gasteiger charge is -2.18. The van der Waals surface area contributed by atoms with Gasteiger partial charge in [-0.3, -0.25) is 9.69 Å². The molecule has 1 aliphatic rings. The molecule has 5 heteroatoms. The Hall–Kier alpha value is -1.46.